The SMILES string of the molecule is COC(=O)Cn1c(=O)c2c3c(sc2n(CC(=O)OC)c1=O)COC(C)(C)C3. The van der Waals surface area contributed by atoms with E-state index in [1.807, 2.05) is 13.8 Å². The Kier molecular flexibility index (Phi) is 4.96. The van der Waals surface area contributed by atoms with Crippen molar-refractivity contribution in [2.75, 3.05) is 14.2 Å². The monoisotopic (exact) mass is 396 g/mol. The van der Waals surface area contributed by atoms with Gasteiger partial charge in [-0.25, -0.2) is 9.36 Å². The van der Waals surface area contributed by atoms with Gasteiger partial charge in [0.05, 0.1) is 31.8 Å². The fourth-order valence-electron chi connectivity index (χ4n) is 3.07. The molecule has 1 aliphatic heterocycles. The third-order valence-electron chi connectivity index (χ3n) is 4.46. The smallest absolute Gasteiger partial charge is 0.333 e. The molecule has 146 valence electrons. The van der Waals surface area contributed by atoms with Crippen LogP contribution in [0.5, 0.6) is 0 Å². The molecular formula is C17H20N2O7S. The summed E-state index contributed by atoms with van der Waals surface area (Å²) in [5.74, 6) is -1.37. The standard InChI is InChI=1S/C17H20N2O7S/c1-17(2)5-9-10(8-26-17)27-15-13(9)14(22)18(6-11(20)24-3)16(23)19(15)7-12(21)25-4/h5-8H2,1-4H3. The molecule has 0 amide bonds. The minimum atomic E-state index is -0.762. The number of hydrogen-bond donors (Lipinski definition) is 0. The lowest BCUT2D eigenvalue weighted by atomic mass is 9.94. The number of rotatable bonds is 4. The van der Waals surface area contributed by atoms with E-state index in [0.29, 0.717) is 23.2 Å². The Hall–Kier alpha value is -2.46. The molecule has 1 aliphatic rings. The molecule has 0 N–H and O–H groups in total. The van der Waals surface area contributed by atoms with Crippen LogP contribution in [0.3, 0.4) is 0 Å². The lowest BCUT2D eigenvalue weighted by Crippen LogP contribution is -2.43. The van der Waals surface area contributed by atoms with Crippen LogP contribution in [0.15, 0.2) is 9.59 Å². The van der Waals surface area contributed by atoms with Crippen LogP contribution in [0, 0.1) is 0 Å². The topological polar surface area (TPSA) is 106 Å². The number of methoxy groups -OCH3 is 2. The van der Waals surface area contributed by atoms with E-state index in [9.17, 15) is 19.2 Å². The van der Waals surface area contributed by atoms with Gasteiger partial charge in [-0.1, -0.05) is 0 Å². The second-order valence-corrected chi connectivity index (χ2v) is 7.90. The Morgan fingerprint density at radius 3 is 2.30 bits per heavy atom. The number of aromatic nitrogens is 2. The molecule has 0 aromatic carbocycles. The predicted octanol–water partition coefficient (Wildman–Crippen LogP) is 0.422. The lowest BCUT2D eigenvalue weighted by Gasteiger charge is -2.29. The van der Waals surface area contributed by atoms with E-state index in [4.69, 9.17) is 4.74 Å². The van der Waals surface area contributed by atoms with Crippen LogP contribution in [0.4, 0.5) is 0 Å². The molecule has 2 aromatic heterocycles. The highest BCUT2D eigenvalue weighted by atomic mass is 32.1. The first-order valence-corrected chi connectivity index (χ1v) is 9.05. The van der Waals surface area contributed by atoms with E-state index < -0.39 is 35.3 Å². The number of carbonyl (C=O) groups is 2. The highest BCUT2D eigenvalue weighted by molar-refractivity contribution is 7.18. The zero-order valence-corrected chi connectivity index (χ0v) is 16.3. The summed E-state index contributed by atoms with van der Waals surface area (Å²) in [6.07, 6.45) is 0.478. The Morgan fingerprint density at radius 2 is 1.70 bits per heavy atom. The lowest BCUT2D eigenvalue weighted by molar-refractivity contribution is -0.141. The highest BCUT2D eigenvalue weighted by Gasteiger charge is 2.32. The minimum absolute atomic E-state index is 0.310. The van der Waals surface area contributed by atoms with Crippen molar-refractivity contribution < 1.29 is 23.8 Å². The largest absolute Gasteiger partial charge is 0.468 e. The normalized spacial score (nSPS) is 15.4. The molecule has 0 radical (unpaired) electrons. The molecule has 3 rings (SSSR count). The van der Waals surface area contributed by atoms with Crippen molar-refractivity contribution in [2.45, 2.75) is 45.6 Å². The van der Waals surface area contributed by atoms with Gasteiger partial charge in [0, 0.05) is 11.3 Å². The predicted molar refractivity (Wildman–Crippen MR) is 96.9 cm³/mol. The zero-order chi connectivity index (χ0) is 19.9. The summed E-state index contributed by atoms with van der Waals surface area (Å²) in [7, 11) is 2.38. The van der Waals surface area contributed by atoms with Crippen molar-refractivity contribution >= 4 is 33.5 Å². The van der Waals surface area contributed by atoms with Gasteiger partial charge in [-0.2, -0.15) is 0 Å². The zero-order valence-electron chi connectivity index (χ0n) is 15.5. The summed E-state index contributed by atoms with van der Waals surface area (Å²) in [6, 6.07) is 0. The molecule has 3 heterocycles. The molecule has 27 heavy (non-hydrogen) atoms. The number of nitrogens with zero attached hydrogens (tertiary/aromatic N) is 2. The molecule has 0 saturated heterocycles. The molecule has 10 heteroatoms. The molecule has 0 unspecified atom stereocenters. The second kappa shape index (κ2) is 6.93. The molecule has 0 aliphatic carbocycles. The number of thiophene rings is 1. The molecule has 2 aromatic rings. The molecule has 0 fully saturated rings. The third-order valence-corrected chi connectivity index (χ3v) is 5.69. The third kappa shape index (κ3) is 3.42. The van der Waals surface area contributed by atoms with E-state index >= 15 is 0 Å². The average molecular weight is 396 g/mol. The number of esters is 2. The van der Waals surface area contributed by atoms with Crippen molar-refractivity contribution in [1.29, 1.82) is 0 Å². The summed E-state index contributed by atoms with van der Waals surface area (Å²) >= 11 is 1.24. The Labute approximate surface area is 158 Å². The van der Waals surface area contributed by atoms with Gasteiger partial charge in [-0.3, -0.25) is 19.0 Å². The number of hydrogen-bond acceptors (Lipinski definition) is 8. The molecule has 0 saturated carbocycles. The minimum Gasteiger partial charge on any atom is -0.468 e. The number of carbonyl (C=O) groups excluding carboxylic acids is 2. The molecule has 0 spiro atoms. The maximum absolute atomic E-state index is 13.0. The summed E-state index contributed by atoms with van der Waals surface area (Å²) in [5, 5.41) is 0.332. The average Bonchev–Trinajstić information content (AvgIpc) is 2.99. The Bertz CT molecular complexity index is 1040. The summed E-state index contributed by atoms with van der Waals surface area (Å²) in [5.41, 5.74) is -1.02. The first-order valence-electron chi connectivity index (χ1n) is 8.24. The Balaban J connectivity index is 2.33. The fraction of sp³-hybridized carbons (Fsp3) is 0.529. The van der Waals surface area contributed by atoms with Crippen LogP contribution in [-0.4, -0.2) is 40.9 Å². The van der Waals surface area contributed by atoms with Crippen LogP contribution in [-0.2, 0) is 49.9 Å². The van der Waals surface area contributed by atoms with Gasteiger partial charge in [-0.15, -0.1) is 11.3 Å². The van der Waals surface area contributed by atoms with Crippen molar-refractivity contribution in [2.24, 2.45) is 0 Å². The van der Waals surface area contributed by atoms with Gasteiger partial charge in [0.2, 0.25) is 0 Å². The van der Waals surface area contributed by atoms with Gasteiger partial charge in [-0.05, 0) is 19.4 Å². The van der Waals surface area contributed by atoms with Gasteiger partial charge < -0.3 is 14.2 Å². The summed E-state index contributed by atoms with van der Waals surface area (Å²) in [6.45, 7) is 3.24. The van der Waals surface area contributed by atoms with Crippen molar-refractivity contribution in [1.82, 2.24) is 9.13 Å². The van der Waals surface area contributed by atoms with Gasteiger partial charge in [0.1, 0.15) is 17.9 Å². The Morgan fingerprint density at radius 1 is 1.11 bits per heavy atom. The number of ether oxygens (including phenoxy) is 3. The molecular weight excluding hydrogens is 376 g/mol. The van der Waals surface area contributed by atoms with Crippen LogP contribution < -0.4 is 11.2 Å². The molecule has 0 bridgehead atoms. The maximum Gasteiger partial charge on any atom is 0.333 e. The highest BCUT2D eigenvalue weighted by Crippen LogP contribution is 2.37. The van der Waals surface area contributed by atoms with Crippen LogP contribution in [0.2, 0.25) is 0 Å². The first-order chi connectivity index (χ1) is 12.7. The first kappa shape index (κ1) is 19.3. The van der Waals surface area contributed by atoms with Crippen LogP contribution in [0.1, 0.15) is 24.3 Å². The summed E-state index contributed by atoms with van der Waals surface area (Å²) in [4.78, 5) is 50.6. The van der Waals surface area contributed by atoms with Crippen molar-refractivity contribution in [3.8, 4) is 0 Å². The second-order valence-electron chi connectivity index (χ2n) is 6.82. The van der Waals surface area contributed by atoms with E-state index in [-0.39, 0.29) is 6.54 Å². The van der Waals surface area contributed by atoms with Crippen LogP contribution >= 0.6 is 11.3 Å². The molecule has 9 nitrogen and oxygen atoms in total. The van der Waals surface area contributed by atoms with Gasteiger partial charge >= 0.3 is 17.6 Å². The van der Waals surface area contributed by atoms with Gasteiger partial charge in [0.15, 0.2) is 0 Å². The van der Waals surface area contributed by atoms with E-state index in [2.05, 4.69) is 9.47 Å². The summed E-state index contributed by atoms with van der Waals surface area (Å²) < 4.78 is 17.0. The number of fused-ring (bicyclic) bond motifs is 3. The van der Waals surface area contributed by atoms with E-state index in [0.717, 1.165) is 15.0 Å². The molecule has 0 atom stereocenters. The maximum atomic E-state index is 13.0. The van der Waals surface area contributed by atoms with E-state index in [1.54, 1.807) is 0 Å². The van der Waals surface area contributed by atoms with Crippen molar-refractivity contribution in [3.05, 3.63) is 31.3 Å². The van der Waals surface area contributed by atoms with E-state index in [1.165, 1.54) is 30.1 Å². The quantitative estimate of drug-likeness (QED) is 0.690. The van der Waals surface area contributed by atoms with Crippen LogP contribution in [0.25, 0.3) is 10.2 Å². The fourth-order valence-corrected chi connectivity index (χ4v) is 4.28. The van der Waals surface area contributed by atoms with Crippen molar-refractivity contribution in [3.63, 3.8) is 0 Å². The van der Waals surface area contributed by atoms with Gasteiger partial charge in [0.25, 0.3) is 5.56 Å².